The minimum Gasteiger partial charge on any atom is -0.364 e. The van der Waals surface area contributed by atoms with Gasteiger partial charge in [0.05, 0.1) is 11.4 Å². The van der Waals surface area contributed by atoms with Crippen molar-refractivity contribution in [3.8, 4) is 0 Å². The number of rotatable bonds is 4. The highest BCUT2D eigenvalue weighted by Crippen LogP contribution is 2.42. The fraction of sp³-hybridized carbons (Fsp3) is 0.0741. The molecular formula is C27H23N3O. The average molecular weight is 406 g/mol. The molecule has 5 rings (SSSR count). The maximum atomic E-state index is 6.37. The lowest BCUT2D eigenvalue weighted by Gasteiger charge is -2.31. The van der Waals surface area contributed by atoms with E-state index in [-0.39, 0.29) is 0 Å². The van der Waals surface area contributed by atoms with Crippen LogP contribution in [-0.2, 0) is 10.5 Å². The van der Waals surface area contributed by atoms with Gasteiger partial charge in [0.1, 0.15) is 0 Å². The van der Waals surface area contributed by atoms with Gasteiger partial charge in [-0.25, -0.2) is 0 Å². The number of aliphatic imine (C=N–C) groups is 1. The molecular weight excluding hydrogens is 382 g/mol. The van der Waals surface area contributed by atoms with E-state index in [0.29, 0.717) is 6.02 Å². The number of hydroxylamine groups is 2. The van der Waals surface area contributed by atoms with Crippen molar-refractivity contribution < 1.29 is 4.84 Å². The molecule has 4 aromatic carbocycles. The van der Waals surface area contributed by atoms with Gasteiger partial charge >= 0.3 is 6.02 Å². The predicted molar refractivity (Wildman–Crippen MR) is 125 cm³/mol. The van der Waals surface area contributed by atoms with Crippen LogP contribution in [0.1, 0.15) is 11.1 Å². The molecule has 152 valence electrons. The van der Waals surface area contributed by atoms with E-state index >= 15 is 0 Å². The van der Waals surface area contributed by atoms with E-state index in [1.54, 1.807) is 0 Å². The predicted octanol–water partition coefficient (Wildman–Crippen LogP) is 5.96. The second-order valence-corrected chi connectivity index (χ2v) is 7.39. The summed E-state index contributed by atoms with van der Waals surface area (Å²) in [4.78, 5) is 13.7. The van der Waals surface area contributed by atoms with Gasteiger partial charge in [-0.3, -0.25) is 4.90 Å². The van der Waals surface area contributed by atoms with Crippen molar-refractivity contribution in [3.63, 3.8) is 0 Å². The van der Waals surface area contributed by atoms with Crippen molar-refractivity contribution in [1.29, 1.82) is 0 Å². The van der Waals surface area contributed by atoms with Crippen molar-refractivity contribution >= 4 is 17.4 Å². The molecule has 0 aromatic heterocycles. The topological polar surface area (TPSA) is 28.1 Å². The largest absolute Gasteiger partial charge is 0.364 e. The summed E-state index contributed by atoms with van der Waals surface area (Å²) in [6.07, 6.45) is 0. The Morgan fingerprint density at radius 2 is 1.00 bits per heavy atom. The van der Waals surface area contributed by atoms with Gasteiger partial charge in [0.25, 0.3) is 0 Å². The Morgan fingerprint density at radius 1 is 0.613 bits per heavy atom. The van der Waals surface area contributed by atoms with E-state index in [9.17, 15) is 0 Å². The third kappa shape index (κ3) is 3.37. The van der Waals surface area contributed by atoms with Crippen LogP contribution in [-0.4, -0.2) is 18.1 Å². The number of anilines is 2. The van der Waals surface area contributed by atoms with Crippen molar-refractivity contribution in [1.82, 2.24) is 5.06 Å². The molecule has 4 aromatic rings. The van der Waals surface area contributed by atoms with Gasteiger partial charge in [-0.15, -0.1) is 5.06 Å². The van der Waals surface area contributed by atoms with Gasteiger partial charge in [-0.2, -0.15) is 4.99 Å². The highest BCUT2D eigenvalue weighted by atomic mass is 16.7. The molecule has 31 heavy (non-hydrogen) atoms. The molecule has 4 heteroatoms. The summed E-state index contributed by atoms with van der Waals surface area (Å²) in [7, 11) is 1.94. The highest BCUT2D eigenvalue weighted by molar-refractivity contribution is 6.00. The summed E-state index contributed by atoms with van der Waals surface area (Å²) in [5.74, 6) is 0. The van der Waals surface area contributed by atoms with Crippen LogP contribution in [0.15, 0.2) is 126 Å². The Kier molecular flexibility index (Phi) is 4.98. The zero-order chi connectivity index (χ0) is 21.1. The van der Waals surface area contributed by atoms with Crippen molar-refractivity contribution in [2.24, 2.45) is 4.99 Å². The van der Waals surface area contributed by atoms with Crippen LogP contribution in [0.4, 0.5) is 11.4 Å². The molecule has 1 heterocycles. The molecule has 0 amide bonds. The van der Waals surface area contributed by atoms with Crippen molar-refractivity contribution in [3.05, 3.63) is 132 Å². The molecule has 0 bridgehead atoms. The van der Waals surface area contributed by atoms with E-state index in [2.05, 4.69) is 48.5 Å². The molecule has 0 saturated heterocycles. The van der Waals surface area contributed by atoms with Crippen LogP contribution >= 0.6 is 0 Å². The lowest BCUT2D eigenvalue weighted by atomic mass is 9.91. The molecule has 0 radical (unpaired) electrons. The van der Waals surface area contributed by atoms with Crippen LogP contribution < -0.4 is 4.90 Å². The van der Waals surface area contributed by atoms with Crippen molar-refractivity contribution in [2.45, 2.75) is 5.66 Å². The summed E-state index contributed by atoms with van der Waals surface area (Å²) in [5, 5.41) is 1.84. The van der Waals surface area contributed by atoms with Crippen LogP contribution in [0.5, 0.6) is 0 Å². The number of hydrogen-bond donors (Lipinski definition) is 0. The van der Waals surface area contributed by atoms with E-state index in [1.165, 1.54) is 0 Å². The van der Waals surface area contributed by atoms with E-state index < -0.39 is 5.66 Å². The molecule has 0 saturated carbocycles. The zero-order valence-electron chi connectivity index (χ0n) is 17.3. The Morgan fingerprint density at radius 3 is 1.42 bits per heavy atom. The lowest BCUT2D eigenvalue weighted by Crippen LogP contribution is -2.39. The number of amidine groups is 1. The SMILES string of the molecule is CN1OC(N(c2ccccc2)c2ccccc2)=NC1(c1ccccc1)c1ccccc1. The Balaban J connectivity index is 1.72. The Hall–Kier alpha value is -3.89. The summed E-state index contributed by atoms with van der Waals surface area (Å²) in [6.45, 7) is 0. The molecule has 0 unspecified atom stereocenters. The van der Waals surface area contributed by atoms with Gasteiger partial charge < -0.3 is 4.84 Å². The first-order valence-electron chi connectivity index (χ1n) is 10.3. The summed E-state index contributed by atoms with van der Waals surface area (Å²) in [5.41, 5.74) is 3.26. The first-order valence-corrected chi connectivity index (χ1v) is 10.3. The number of para-hydroxylation sites is 2. The van der Waals surface area contributed by atoms with Crippen LogP contribution in [0.25, 0.3) is 0 Å². The highest BCUT2D eigenvalue weighted by Gasteiger charge is 2.47. The molecule has 0 atom stereocenters. The minimum atomic E-state index is -0.792. The molecule has 1 aliphatic heterocycles. The van der Waals surface area contributed by atoms with Gasteiger partial charge in [0.15, 0.2) is 0 Å². The monoisotopic (exact) mass is 405 g/mol. The second-order valence-electron chi connectivity index (χ2n) is 7.39. The van der Waals surface area contributed by atoms with E-state index in [0.717, 1.165) is 22.5 Å². The standard InChI is InChI=1S/C27H23N3O/c1-29-27(22-14-6-2-7-15-22,23-16-8-3-9-17-23)28-26(31-29)30(24-18-10-4-11-19-24)25-20-12-5-13-21-25/h2-21H,1H3. The number of hydrogen-bond acceptors (Lipinski definition) is 4. The molecule has 0 fully saturated rings. The van der Waals surface area contributed by atoms with Gasteiger partial charge in [0, 0.05) is 18.2 Å². The summed E-state index contributed by atoms with van der Waals surface area (Å²) >= 11 is 0. The fourth-order valence-electron chi connectivity index (χ4n) is 4.03. The molecule has 0 N–H and O–H groups in total. The van der Waals surface area contributed by atoms with Crippen molar-refractivity contribution in [2.75, 3.05) is 11.9 Å². The Labute approximate surface area is 182 Å². The number of nitrogens with zero attached hydrogens (tertiary/aromatic N) is 3. The smallest absolute Gasteiger partial charge is 0.319 e. The first-order chi connectivity index (χ1) is 15.3. The normalized spacial score (nSPS) is 15.2. The van der Waals surface area contributed by atoms with Crippen LogP contribution in [0, 0.1) is 0 Å². The molecule has 0 spiro atoms. The average Bonchev–Trinajstić information content (AvgIpc) is 3.19. The van der Waals surface area contributed by atoms with Gasteiger partial charge in [0.2, 0.25) is 5.66 Å². The third-order valence-electron chi connectivity index (χ3n) is 5.50. The van der Waals surface area contributed by atoms with E-state index in [4.69, 9.17) is 9.83 Å². The summed E-state index contributed by atoms with van der Waals surface area (Å²) < 4.78 is 0. The van der Waals surface area contributed by atoms with E-state index in [1.807, 2.05) is 89.8 Å². The molecule has 4 nitrogen and oxygen atoms in total. The summed E-state index contributed by atoms with van der Waals surface area (Å²) in [6, 6.07) is 41.4. The van der Waals surface area contributed by atoms with Gasteiger partial charge in [-0.1, -0.05) is 97.1 Å². The lowest BCUT2D eigenvalue weighted by molar-refractivity contribution is -0.0938. The first kappa shape index (κ1) is 19.1. The second kappa shape index (κ2) is 8.09. The molecule has 0 aliphatic carbocycles. The van der Waals surface area contributed by atoms with Gasteiger partial charge in [-0.05, 0) is 24.3 Å². The third-order valence-corrected chi connectivity index (χ3v) is 5.50. The Bertz CT molecular complexity index is 1080. The quantitative estimate of drug-likeness (QED) is 0.419. The maximum Gasteiger partial charge on any atom is 0.319 e. The number of benzene rings is 4. The minimum absolute atomic E-state index is 0.521. The molecule has 1 aliphatic rings. The maximum absolute atomic E-state index is 6.37. The van der Waals surface area contributed by atoms with Crippen LogP contribution in [0.3, 0.4) is 0 Å². The fourth-order valence-corrected chi connectivity index (χ4v) is 4.03. The van der Waals surface area contributed by atoms with Crippen LogP contribution in [0.2, 0.25) is 0 Å². The zero-order valence-corrected chi connectivity index (χ0v) is 17.3.